The standard InChI is InChI=1S/C12H11ClN2O3S/c13-9-3-1-8(2-4-9)5-10-14-11(18-15-10)6-19-7-12(16)17/h1-4H,5-7H2,(H,16,17). The number of aromatic nitrogens is 2. The summed E-state index contributed by atoms with van der Waals surface area (Å²) in [7, 11) is 0. The van der Waals surface area contributed by atoms with Crippen molar-refractivity contribution >= 4 is 29.3 Å². The molecule has 0 spiro atoms. The van der Waals surface area contributed by atoms with Crippen LogP contribution in [0.5, 0.6) is 0 Å². The van der Waals surface area contributed by atoms with Gasteiger partial charge in [-0.1, -0.05) is 28.9 Å². The molecule has 1 aromatic heterocycles. The Bertz CT molecular complexity index is 556. The predicted molar refractivity (Wildman–Crippen MR) is 72.4 cm³/mol. The molecule has 7 heteroatoms. The summed E-state index contributed by atoms with van der Waals surface area (Å²) in [6.07, 6.45) is 0.560. The van der Waals surface area contributed by atoms with Gasteiger partial charge in [0.05, 0.1) is 11.5 Å². The lowest BCUT2D eigenvalue weighted by atomic mass is 10.1. The normalized spacial score (nSPS) is 10.6. The van der Waals surface area contributed by atoms with Crippen LogP contribution in [0.25, 0.3) is 0 Å². The van der Waals surface area contributed by atoms with Gasteiger partial charge in [0.25, 0.3) is 0 Å². The molecule has 2 aromatic rings. The Labute approximate surface area is 119 Å². The zero-order chi connectivity index (χ0) is 13.7. The van der Waals surface area contributed by atoms with Crippen molar-refractivity contribution in [3.63, 3.8) is 0 Å². The predicted octanol–water partition coefficient (Wildman–Crippen LogP) is 2.63. The molecule has 19 heavy (non-hydrogen) atoms. The van der Waals surface area contributed by atoms with Crippen LogP contribution >= 0.6 is 23.4 Å². The highest BCUT2D eigenvalue weighted by Gasteiger charge is 2.08. The fourth-order valence-electron chi connectivity index (χ4n) is 1.43. The second-order valence-corrected chi connectivity index (χ2v) is 5.22. The number of carboxylic acids is 1. The van der Waals surface area contributed by atoms with Crippen LogP contribution < -0.4 is 0 Å². The van der Waals surface area contributed by atoms with Gasteiger partial charge in [0.15, 0.2) is 5.82 Å². The third-order valence-electron chi connectivity index (χ3n) is 2.24. The topological polar surface area (TPSA) is 76.2 Å². The zero-order valence-electron chi connectivity index (χ0n) is 9.88. The summed E-state index contributed by atoms with van der Waals surface area (Å²) in [4.78, 5) is 14.6. The molecule has 0 aliphatic carbocycles. The van der Waals surface area contributed by atoms with E-state index in [1.807, 2.05) is 12.1 Å². The number of nitrogens with zero attached hydrogens (tertiary/aromatic N) is 2. The minimum atomic E-state index is -0.856. The molecular formula is C12H11ClN2O3S. The van der Waals surface area contributed by atoms with Crippen molar-refractivity contribution < 1.29 is 14.4 Å². The molecule has 0 radical (unpaired) electrons. The molecule has 0 unspecified atom stereocenters. The fraction of sp³-hybridized carbons (Fsp3) is 0.250. The molecule has 0 saturated heterocycles. The molecule has 0 aliphatic heterocycles. The monoisotopic (exact) mass is 298 g/mol. The Hall–Kier alpha value is -1.53. The molecule has 0 aliphatic rings. The number of carbonyl (C=O) groups is 1. The van der Waals surface area contributed by atoms with E-state index in [9.17, 15) is 4.79 Å². The van der Waals surface area contributed by atoms with Crippen LogP contribution in [0.1, 0.15) is 17.3 Å². The molecule has 0 atom stereocenters. The smallest absolute Gasteiger partial charge is 0.313 e. The molecule has 0 amide bonds. The number of hydrogen-bond donors (Lipinski definition) is 1. The van der Waals surface area contributed by atoms with Gasteiger partial charge in [-0.05, 0) is 17.7 Å². The molecule has 2 rings (SSSR count). The van der Waals surface area contributed by atoms with Crippen LogP contribution in [0.2, 0.25) is 5.02 Å². The number of halogens is 1. The van der Waals surface area contributed by atoms with E-state index in [1.165, 1.54) is 11.8 Å². The zero-order valence-corrected chi connectivity index (χ0v) is 11.4. The SMILES string of the molecule is O=C(O)CSCc1nc(Cc2ccc(Cl)cc2)no1. The van der Waals surface area contributed by atoms with Crippen LogP contribution in [-0.4, -0.2) is 27.0 Å². The third-order valence-corrected chi connectivity index (χ3v) is 3.39. The molecule has 0 saturated carbocycles. The van der Waals surface area contributed by atoms with Crippen molar-refractivity contribution in [2.45, 2.75) is 12.2 Å². The molecule has 1 heterocycles. The van der Waals surface area contributed by atoms with E-state index in [1.54, 1.807) is 12.1 Å². The van der Waals surface area contributed by atoms with Gasteiger partial charge in [-0.25, -0.2) is 0 Å². The summed E-state index contributed by atoms with van der Waals surface area (Å²) in [6, 6.07) is 7.41. The average molecular weight is 299 g/mol. The van der Waals surface area contributed by atoms with Gasteiger partial charge in [-0.2, -0.15) is 4.98 Å². The van der Waals surface area contributed by atoms with Crippen LogP contribution in [0, 0.1) is 0 Å². The van der Waals surface area contributed by atoms with Gasteiger partial charge < -0.3 is 9.63 Å². The maximum Gasteiger partial charge on any atom is 0.313 e. The van der Waals surface area contributed by atoms with Gasteiger partial charge in [0.1, 0.15) is 0 Å². The number of benzene rings is 1. The highest BCUT2D eigenvalue weighted by atomic mass is 35.5. The van der Waals surface area contributed by atoms with Gasteiger partial charge >= 0.3 is 5.97 Å². The Balaban J connectivity index is 1.90. The maximum absolute atomic E-state index is 10.4. The Kier molecular flexibility index (Phi) is 4.81. The van der Waals surface area contributed by atoms with Crippen LogP contribution in [0.3, 0.4) is 0 Å². The van der Waals surface area contributed by atoms with Gasteiger partial charge in [0, 0.05) is 11.4 Å². The van der Waals surface area contributed by atoms with Crippen LogP contribution in [0.15, 0.2) is 28.8 Å². The number of rotatable bonds is 6. The van der Waals surface area contributed by atoms with Gasteiger partial charge in [0.2, 0.25) is 5.89 Å². The van der Waals surface area contributed by atoms with E-state index in [0.29, 0.717) is 28.9 Å². The van der Waals surface area contributed by atoms with Crippen molar-refractivity contribution in [1.29, 1.82) is 0 Å². The lowest BCUT2D eigenvalue weighted by Crippen LogP contribution is -1.98. The molecule has 1 N–H and O–H groups in total. The fourth-order valence-corrected chi connectivity index (χ4v) is 2.13. The van der Waals surface area contributed by atoms with Crippen LogP contribution in [0.4, 0.5) is 0 Å². The minimum Gasteiger partial charge on any atom is -0.481 e. The first-order valence-electron chi connectivity index (χ1n) is 5.49. The Morgan fingerprint density at radius 2 is 2.11 bits per heavy atom. The molecule has 1 aromatic carbocycles. The van der Waals surface area contributed by atoms with Crippen molar-refractivity contribution in [2.24, 2.45) is 0 Å². The van der Waals surface area contributed by atoms with Crippen molar-refractivity contribution in [2.75, 3.05) is 5.75 Å². The Morgan fingerprint density at radius 3 is 2.79 bits per heavy atom. The summed E-state index contributed by atoms with van der Waals surface area (Å²) >= 11 is 7.02. The quantitative estimate of drug-likeness (QED) is 0.883. The van der Waals surface area contributed by atoms with Crippen molar-refractivity contribution in [3.05, 3.63) is 46.6 Å². The lowest BCUT2D eigenvalue weighted by molar-refractivity contribution is -0.133. The first kappa shape index (κ1) is 13.9. The van der Waals surface area contributed by atoms with E-state index in [4.69, 9.17) is 21.2 Å². The molecule has 0 fully saturated rings. The molecular weight excluding hydrogens is 288 g/mol. The first-order chi connectivity index (χ1) is 9.13. The van der Waals surface area contributed by atoms with E-state index in [2.05, 4.69) is 10.1 Å². The number of hydrogen-bond acceptors (Lipinski definition) is 5. The van der Waals surface area contributed by atoms with Crippen LogP contribution in [-0.2, 0) is 17.0 Å². The highest BCUT2D eigenvalue weighted by Crippen LogP contribution is 2.14. The largest absolute Gasteiger partial charge is 0.481 e. The number of thioether (sulfide) groups is 1. The van der Waals surface area contributed by atoms with E-state index >= 15 is 0 Å². The number of carboxylic acid groups (broad SMARTS) is 1. The van der Waals surface area contributed by atoms with E-state index < -0.39 is 5.97 Å². The highest BCUT2D eigenvalue weighted by molar-refractivity contribution is 7.99. The van der Waals surface area contributed by atoms with Gasteiger partial charge in [-0.3, -0.25) is 4.79 Å². The van der Waals surface area contributed by atoms with E-state index in [-0.39, 0.29) is 5.75 Å². The maximum atomic E-state index is 10.4. The second kappa shape index (κ2) is 6.58. The number of aliphatic carboxylic acids is 1. The third kappa shape index (κ3) is 4.57. The lowest BCUT2D eigenvalue weighted by Gasteiger charge is -1.96. The van der Waals surface area contributed by atoms with Crippen molar-refractivity contribution in [3.8, 4) is 0 Å². The van der Waals surface area contributed by atoms with E-state index in [0.717, 1.165) is 5.56 Å². The molecule has 100 valence electrons. The Morgan fingerprint density at radius 1 is 1.37 bits per heavy atom. The molecule has 0 bridgehead atoms. The summed E-state index contributed by atoms with van der Waals surface area (Å²) in [5, 5.41) is 13.1. The average Bonchev–Trinajstić information content (AvgIpc) is 2.79. The minimum absolute atomic E-state index is 0.0227. The first-order valence-corrected chi connectivity index (χ1v) is 7.02. The summed E-state index contributed by atoms with van der Waals surface area (Å²) < 4.78 is 5.04. The second-order valence-electron chi connectivity index (χ2n) is 3.79. The molecule has 5 nitrogen and oxygen atoms in total. The van der Waals surface area contributed by atoms with Gasteiger partial charge in [-0.15, -0.1) is 11.8 Å². The summed E-state index contributed by atoms with van der Waals surface area (Å²) in [6.45, 7) is 0. The summed E-state index contributed by atoms with van der Waals surface area (Å²) in [5.74, 6) is 0.587. The summed E-state index contributed by atoms with van der Waals surface area (Å²) in [5.41, 5.74) is 1.04. The van der Waals surface area contributed by atoms with Crippen molar-refractivity contribution in [1.82, 2.24) is 10.1 Å².